The molecule has 1 atom stereocenters. The van der Waals surface area contributed by atoms with E-state index < -0.39 is 0 Å². The van der Waals surface area contributed by atoms with E-state index in [9.17, 15) is 5.11 Å². The maximum atomic E-state index is 9.37. The van der Waals surface area contributed by atoms with Gasteiger partial charge in [0.25, 0.3) is 0 Å². The molecule has 2 rings (SSSR count). The zero-order valence-electron chi connectivity index (χ0n) is 8.81. The van der Waals surface area contributed by atoms with Crippen LogP contribution in [0, 0.1) is 0 Å². The summed E-state index contributed by atoms with van der Waals surface area (Å²) in [6.45, 7) is 1.88. The van der Waals surface area contributed by atoms with Crippen LogP contribution in [0.3, 0.4) is 0 Å². The van der Waals surface area contributed by atoms with E-state index in [0.29, 0.717) is 22.9 Å². The fourth-order valence-electron chi connectivity index (χ4n) is 1.50. The quantitative estimate of drug-likeness (QED) is 0.783. The van der Waals surface area contributed by atoms with Crippen molar-refractivity contribution in [2.75, 3.05) is 0 Å². The Morgan fingerprint density at radius 1 is 1.44 bits per heavy atom. The normalized spacial score (nSPS) is 12.9. The van der Waals surface area contributed by atoms with Gasteiger partial charge >= 0.3 is 0 Å². The summed E-state index contributed by atoms with van der Waals surface area (Å²) >= 11 is 6.02. The molecule has 0 saturated carbocycles. The third kappa shape index (κ3) is 2.23. The Bertz CT molecular complexity index is 528. The Morgan fingerprint density at radius 2 is 2.19 bits per heavy atom. The van der Waals surface area contributed by atoms with Crippen LogP contribution in [-0.2, 0) is 6.42 Å². The Balaban J connectivity index is 2.56. The van der Waals surface area contributed by atoms with Crippen LogP contribution < -0.4 is 5.73 Å². The summed E-state index contributed by atoms with van der Waals surface area (Å²) < 4.78 is 0. The molecule has 1 aromatic heterocycles. The predicted molar refractivity (Wildman–Crippen MR) is 63.6 cm³/mol. The molecule has 1 heterocycles. The van der Waals surface area contributed by atoms with Gasteiger partial charge < -0.3 is 10.8 Å². The lowest BCUT2D eigenvalue weighted by molar-refractivity contribution is 0.476. The highest BCUT2D eigenvalue weighted by Crippen LogP contribution is 2.23. The monoisotopic (exact) mass is 237 g/mol. The van der Waals surface area contributed by atoms with Crippen molar-refractivity contribution >= 4 is 22.5 Å². The molecule has 0 aliphatic rings. The van der Waals surface area contributed by atoms with Gasteiger partial charge in [0.15, 0.2) is 0 Å². The molecule has 0 saturated heterocycles. The summed E-state index contributed by atoms with van der Waals surface area (Å²) in [5, 5.41) is 10.5. The second-order valence-electron chi connectivity index (χ2n) is 3.81. The van der Waals surface area contributed by atoms with Crippen molar-refractivity contribution in [2.24, 2.45) is 5.73 Å². The van der Waals surface area contributed by atoms with Gasteiger partial charge in [-0.15, -0.1) is 0 Å². The Kier molecular flexibility index (Phi) is 2.94. The van der Waals surface area contributed by atoms with Gasteiger partial charge in [-0.2, -0.15) is 0 Å². The minimum absolute atomic E-state index is 0.0224. The number of phenols is 1. The second kappa shape index (κ2) is 4.23. The van der Waals surface area contributed by atoms with Crippen molar-refractivity contribution in [1.29, 1.82) is 0 Å². The molecule has 3 N–H and O–H groups in total. The highest BCUT2D eigenvalue weighted by atomic mass is 35.5. The van der Waals surface area contributed by atoms with E-state index in [1.807, 2.05) is 6.92 Å². The summed E-state index contributed by atoms with van der Waals surface area (Å²) in [6.07, 6.45) is 0.561. The van der Waals surface area contributed by atoms with Gasteiger partial charge in [0.2, 0.25) is 0 Å². The molecule has 0 fully saturated rings. The summed E-state index contributed by atoms with van der Waals surface area (Å²) in [5.41, 5.74) is 6.31. The number of hydrogen-bond acceptors (Lipinski definition) is 4. The number of aromatic hydroxyl groups is 1. The number of aromatic nitrogens is 2. The summed E-state index contributed by atoms with van der Waals surface area (Å²) in [4.78, 5) is 8.47. The van der Waals surface area contributed by atoms with Gasteiger partial charge in [0, 0.05) is 23.9 Å². The van der Waals surface area contributed by atoms with Crippen LogP contribution in [0.5, 0.6) is 5.75 Å². The fraction of sp³-hybridized carbons (Fsp3) is 0.273. The third-order valence-electron chi connectivity index (χ3n) is 2.18. The van der Waals surface area contributed by atoms with E-state index in [1.165, 1.54) is 0 Å². The van der Waals surface area contributed by atoms with E-state index in [4.69, 9.17) is 17.3 Å². The lowest BCUT2D eigenvalue weighted by Gasteiger charge is -2.06. The first-order chi connectivity index (χ1) is 7.56. The molecule has 0 aliphatic heterocycles. The molecular weight excluding hydrogens is 226 g/mol. The Hall–Kier alpha value is -1.39. The van der Waals surface area contributed by atoms with E-state index in [1.54, 1.807) is 18.2 Å². The number of phenolic OH excluding ortho intramolecular Hbond substituents is 1. The Morgan fingerprint density at radius 3 is 2.88 bits per heavy atom. The van der Waals surface area contributed by atoms with Crippen molar-refractivity contribution < 1.29 is 5.11 Å². The topological polar surface area (TPSA) is 72.0 Å². The van der Waals surface area contributed by atoms with Crippen LogP contribution in [-0.4, -0.2) is 21.1 Å². The number of nitrogens with zero attached hydrogens (tertiary/aromatic N) is 2. The molecule has 0 bridgehead atoms. The second-order valence-corrected chi connectivity index (χ2v) is 4.17. The first-order valence-electron chi connectivity index (χ1n) is 4.97. The Labute approximate surface area is 98.1 Å². The highest BCUT2D eigenvalue weighted by Gasteiger charge is 2.08. The average Bonchev–Trinajstić information content (AvgIpc) is 2.15. The number of halogens is 1. The standard InChI is InChI=1S/C11H12ClN3O/c1-6(13)4-10-14-9-5-7(16)2-3-8(9)11(12)15-10/h2-3,5-6,16H,4,13H2,1H3. The predicted octanol–water partition coefficient (Wildman–Crippen LogP) is 1.88. The molecule has 16 heavy (non-hydrogen) atoms. The summed E-state index contributed by atoms with van der Waals surface area (Å²) in [7, 11) is 0. The number of fused-ring (bicyclic) bond motifs is 1. The first kappa shape index (κ1) is 11.1. The van der Waals surface area contributed by atoms with E-state index >= 15 is 0 Å². The first-order valence-corrected chi connectivity index (χ1v) is 5.35. The van der Waals surface area contributed by atoms with Gasteiger partial charge in [-0.1, -0.05) is 11.6 Å². The van der Waals surface area contributed by atoms with Crippen molar-refractivity contribution in [3.8, 4) is 5.75 Å². The average molecular weight is 238 g/mol. The molecule has 84 valence electrons. The maximum Gasteiger partial charge on any atom is 0.140 e. The van der Waals surface area contributed by atoms with Gasteiger partial charge in [0.1, 0.15) is 16.7 Å². The van der Waals surface area contributed by atoms with E-state index in [0.717, 1.165) is 5.39 Å². The SMILES string of the molecule is CC(N)Cc1nc(Cl)c2ccc(O)cc2n1. The van der Waals surface area contributed by atoms with E-state index in [2.05, 4.69) is 9.97 Å². The molecule has 2 aromatic rings. The smallest absolute Gasteiger partial charge is 0.140 e. The third-order valence-corrected chi connectivity index (χ3v) is 2.47. The van der Waals surface area contributed by atoms with Crippen molar-refractivity contribution in [1.82, 2.24) is 9.97 Å². The summed E-state index contributed by atoms with van der Waals surface area (Å²) in [6, 6.07) is 4.80. The maximum absolute atomic E-state index is 9.37. The number of benzene rings is 1. The number of nitrogens with two attached hydrogens (primary N) is 1. The minimum Gasteiger partial charge on any atom is -0.508 e. The van der Waals surface area contributed by atoms with E-state index in [-0.39, 0.29) is 11.8 Å². The lowest BCUT2D eigenvalue weighted by atomic mass is 10.2. The molecule has 5 heteroatoms. The van der Waals surface area contributed by atoms with Crippen molar-refractivity contribution in [3.05, 3.63) is 29.2 Å². The lowest BCUT2D eigenvalue weighted by Crippen LogP contribution is -2.19. The van der Waals surface area contributed by atoms with Gasteiger partial charge in [0.05, 0.1) is 5.52 Å². The van der Waals surface area contributed by atoms with Crippen LogP contribution in [0.4, 0.5) is 0 Å². The van der Waals surface area contributed by atoms with Crippen molar-refractivity contribution in [2.45, 2.75) is 19.4 Å². The zero-order valence-corrected chi connectivity index (χ0v) is 9.57. The van der Waals surface area contributed by atoms with Crippen LogP contribution in [0.2, 0.25) is 5.15 Å². The van der Waals surface area contributed by atoms with Crippen LogP contribution in [0.1, 0.15) is 12.7 Å². The van der Waals surface area contributed by atoms with Crippen LogP contribution >= 0.6 is 11.6 Å². The van der Waals surface area contributed by atoms with Crippen molar-refractivity contribution in [3.63, 3.8) is 0 Å². The van der Waals surface area contributed by atoms with Gasteiger partial charge in [-0.05, 0) is 19.1 Å². The molecule has 1 aromatic carbocycles. The van der Waals surface area contributed by atoms with Crippen LogP contribution in [0.15, 0.2) is 18.2 Å². The van der Waals surface area contributed by atoms with Crippen LogP contribution in [0.25, 0.3) is 10.9 Å². The highest BCUT2D eigenvalue weighted by molar-refractivity contribution is 6.34. The fourth-order valence-corrected chi connectivity index (χ4v) is 1.76. The molecule has 0 amide bonds. The largest absolute Gasteiger partial charge is 0.508 e. The van der Waals surface area contributed by atoms with Gasteiger partial charge in [-0.25, -0.2) is 9.97 Å². The van der Waals surface area contributed by atoms with Gasteiger partial charge in [-0.3, -0.25) is 0 Å². The molecular formula is C11H12ClN3O. The number of hydrogen-bond donors (Lipinski definition) is 2. The molecule has 0 aliphatic carbocycles. The zero-order chi connectivity index (χ0) is 11.7. The summed E-state index contributed by atoms with van der Waals surface area (Å²) in [5.74, 6) is 0.757. The minimum atomic E-state index is -0.0224. The molecule has 0 spiro atoms. The molecule has 4 nitrogen and oxygen atoms in total. The number of rotatable bonds is 2. The molecule has 0 radical (unpaired) electrons. The molecule has 1 unspecified atom stereocenters.